The maximum absolute atomic E-state index is 13.9. The molecular formula is C76H115N7O39S. The minimum Gasteiger partial charge on any atom is -0.486 e. The molecule has 8 saturated heterocycles. The number of thioether (sulfide) groups is 1. The van der Waals surface area contributed by atoms with Gasteiger partial charge in [0.1, 0.15) is 164 Å². The van der Waals surface area contributed by atoms with Gasteiger partial charge in [-0.15, -0.1) is 0 Å². The highest BCUT2D eigenvalue weighted by molar-refractivity contribution is 8.00. The molecule has 0 spiro atoms. The zero-order valence-electron chi connectivity index (χ0n) is 67.2. The molecule has 694 valence electrons. The van der Waals surface area contributed by atoms with Gasteiger partial charge in [0.2, 0.25) is 17.7 Å². The third kappa shape index (κ3) is 25.7. The molecular weight excluding hydrogens is 1670 g/mol. The van der Waals surface area contributed by atoms with Gasteiger partial charge >= 0.3 is 6.03 Å². The van der Waals surface area contributed by atoms with E-state index < -0.39 is 266 Å². The summed E-state index contributed by atoms with van der Waals surface area (Å²) in [7, 11) is 0. The van der Waals surface area contributed by atoms with Crippen LogP contribution in [-0.2, 0) is 80.8 Å². The first-order valence-electron chi connectivity index (χ1n) is 40.6. The van der Waals surface area contributed by atoms with Crippen LogP contribution in [0.15, 0.2) is 42.5 Å². The molecule has 8 aliphatic heterocycles. The van der Waals surface area contributed by atoms with E-state index in [1.165, 1.54) is 6.07 Å². The molecule has 0 aliphatic carbocycles. The molecule has 123 heavy (non-hydrogen) atoms. The Hall–Kier alpha value is -6.52. The number of ketones is 1. The fraction of sp³-hybridized carbons (Fsp3) is 0.750. The first kappa shape index (κ1) is 98.7. The molecule has 10 rings (SSSR count). The van der Waals surface area contributed by atoms with Gasteiger partial charge < -0.3 is 195 Å². The lowest BCUT2D eigenvalue weighted by Crippen LogP contribution is -2.68. The number of hydrogen-bond donors (Lipinski definition) is 25. The average Bonchev–Trinajstić information content (AvgIpc) is 1.74. The van der Waals surface area contributed by atoms with E-state index in [4.69, 9.17) is 66.3 Å². The molecule has 8 aliphatic rings. The van der Waals surface area contributed by atoms with Crippen LogP contribution < -0.4 is 46.7 Å². The topological polar surface area (TPSA) is 697 Å². The zero-order chi connectivity index (χ0) is 89.0. The number of fused-ring (bicyclic) bond motifs is 1. The highest BCUT2D eigenvalue weighted by Crippen LogP contribution is 2.38. The molecule has 25 N–H and O–H groups in total. The SMILES string of the molecule is CC(=O)NC1[C@H](OCCCCC(=O)COc2cc(C(=O)NCCNC(=O)CCCC[C@@H]3SC[C@@H]4NC(=O)N[C@@H]43)cc(-c3cccc(OCC(=O)NCCCO[C@@H]4OC(CO)[C@@H](O[C@@H]5OC(CO)[C@H](O)[C@H](O[C@H]6OC(CO)[C@H](O)C(O)[C@@H]6O)C5O)[C@H](O)C4NC(C)=O)c3)c2)OC(CO)[C@@H](O[C@@H]2OC(CO)[C@H](O)[C@H](O[C@H]3OC(CO)[C@H](O)C(O)[C@@H]3O)C2O)[C@@H]1O. The number of hydrogen-bond acceptors (Lipinski definition) is 40. The second kappa shape index (κ2) is 47.0. The molecule has 7 amide bonds. The van der Waals surface area contributed by atoms with Crippen LogP contribution in [0.3, 0.4) is 0 Å². The van der Waals surface area contributed by atoms with Crippen molar-refractivity contribution in [2.24, 2.45) is 0 Å². The summed E-state index contributed by atoms with van der Waals surface area (Å²) in [6.45, 7) is -4.23. The Kier molecular flexibility index (Phi) is 37.7. The molecule has 8 heterocycles. The second-order valence-electron chi connectivity index (χ2n) is 30.9. The number of nitrogens with one attached hydrogen (secondary N) is 7. The van der Waals surface area contributed by atoms with Crippen molar-refractivity contribution in [1.82, 2.24) is 37.2 Å². The predicted molar refractivity (Wildman–Crippen MR) is 412 cm³/mol. The number of rotatable bonds is 43. The quantitative estimate of drug-likeness (QED) is 0.0217. The summed E-state index contributed by atoms with van der Waals surface area (Å²) in [5.74, 6) is -2.04. The molecule has 33 atom stereocenters. The van der Waals surface area contributed by atoms with Gasteiger partial charge in [0.25, 0.3) is 11.8 Å². The molecule has 2 aromatic carbocycles. The van der Waals surface area contributed by atoms with Crippen LogP contribution in [-0.4, -0.2) is 426 Å². The van der Waals surface area contributed by atoms with E-state index in [1.807, 2.05) is 0 Å². The van der Waals surface area contributed by atoms with E-state index in [-0.39, 0.29) is 111 Å². The summed E-state index contributed by atoms with van der Waals surface area (Å²) in [5, 5.41) is 211. The Bertz CT molecular complexity index is 3720. The lowest BCUT2D eigenvalue weighted by molar-refractivity contribution is -0.376. The zero-order valence-corrected chi connectivity index (χ0v) is 68.0. The van der Waals surface area contributed by atoms with Crippen molar-refractivity contribution in [1.29, 1.82) is 0 Å². The van der Waals surface area contributed by atoms with Crippen molar-refractivity contribution in [2.45, 2.75) is 267 Å². The summed E-state index contributed by atoms with van der Waals surface area (Å²) in [6.07, 6.45) is -46.4. The van der Waals surface area contributed by atoms with Crippen molar-refractivity contribution in [2.75, 3.05) is 91.5 Å². The third-order valence-electron chi connectivity index (χ3n) is 21.9. The number of carbonyl (C=O) groups excluding carboxylic acids is 7. The van der Waals surface area contributed by atoms with Gasteiger partial charge in [-0.3, -0.25) is 28.8 Å². The number of urea groups is 1. The van der Waals surface area contributed by atoms with Crippen LogP contribution in [0.4, 0.5) is 4.79 Å². The maximum atomic E-state index is 13.9. The number of aliphatic hydroxyl groups is 18. The second-order valence-corrected chi connectivity index (χ2v) is 32.1. The molecule has 0 aromatic heterocycles. The number of aliphatic hydroxyl groups excluding tert-OH is 18. The number of unbranched alkanes of at least 4 members (excludes halogenated alkanes) is 2. The lowest BCUT2D eigenvalue weighted by atomic mass is 9.95. The first-order chi connectivity index (χ1) is 58.9. The summed E-state index contributed by atoms with van der Waals surface area (Å²) in [6, 6.07) is 8.05. The molecule has 0 bridgehead atoms. The van der Waals surface area contributed by atoms with E-state index >= 15 is 0 Å². The fourth-order valence-corrected chi connectivity index (χ4v) is 16.9. The van der Waals surface area contributed by atoms with Crippen LogP contribution in [0.1, 0.15) is 75.6 Å². The van der Waals surface area contributed by atoms with E-state index in [0.29, 0.717) is 17.5 Å². The Morgan fingerprint density at radius 2 is 0.902 bits per heavy atom. The Morgan fingerprint density at radius 3 is 1.43 bits per heavy atom. The van der Waals surface area contributed by atoms with Gasteiger partial charge in [0.15, 0.2) is 50.1 Å². The van der Waals surface area contributed by atoms with Crippen LogP contribution >= 0.6 is 11.8 Å². The van der Waals surface area contributed by atoms with Gasteiger partial charge in [-0.1, -0.05) is 18.6 Å². The minimum atomic E-state index is -2.04. The lowest BCUT2D eigenvalue weighted by Gasteiger charge is -2.48. The largest absolute Gasteiger partial charge is 0.486 e. The number of ether oxygens (including phenoxy) is 14. The summed E-state index contributed by atoms with van der Waals surface area (Å²) in [5.41, 5.74) is 0.945. The predicted octanol–water partition coefficient (Wildman–Crippen LogP) is -10.9. The van der Waals surface area contributed by atoms with Gasteiger partial charge in [0.05, 0.1) is 58.3 Å². The molecule has 2 aromatic rings. The number of carbonyl (C=O) groups is 7. The normalized spacial score (nSPS) is 36.8. The molecule has 47 heteroatoms. The Balaban J connectivity index is 0.711. The van der Waals surface area contributed by atoms with E-state index in [2.05, 4.69) is 37.2 Å². The third-order valence-corrected chi connectivity index (χ3v) is 23.4. The van der Waals surface area contributed by atoms with E-state index in [0.717, 1.165) is 32.4 Å². The van der Waals surface area contributed by atoms with Crippen molar-refractivity contribution < 1.29 is 192 Å². The summed E-state index contributed by atoms with van der Waals surface area (Å²) in [4.78, 5) is 90.4. The smallest absolute Gasteiger partial charge is 0.315 e. The Morgan fingerprint density at radius 1 is 0.439 bits per heavy atom. The highest BCUT2D eigenvalue weighted by Gasteiger charge is 2.57. The molecule has 0 saturated carbocycles. The Labute approximate surface area is 708 Å². The van der Waals surface area contributed by atoms with Crippen LogP contribution in [0.5, 0.6) is 11.5 Å². The van der Waals surface area contributed by atoms with Gasteiger partial charge in [-0.25, -0.2) is 4.79 Å². The highest BCUT2D eigenvalue weighted by atomic mass is 32.2. The molecule has 12 unspecified atom stereocenters. The number of amides is 7. The summed E-state index contributed by atoms with van der Waals surface area (Å²) < 4.78 is 80.9. The maximum Gasteiger partial charge on any atom is 0.315 e. The molecule has 0 radical (unpaired) electrons. The average molecular weight is 1780 g/mol. The monoisotopic (exact) mass is 1780 g/mol. The number of Topliss-reactive ketones (excluding diaryl/α,β-unsaturated/α-hetero) is 1. The summed E-state index contributed by atoms with van der Waals surface area (Å²) >= 11 is 1.78. The van der Waals surface area contributed by atoms with E-state index in [1.54, 1.807) is 48.2 Å². The van der Waals surface area contributed by atoms with Crippen LogP contribution in [0.25, 0.3) is 11.1 Å². The van der Waals surface area contributed by atoms with Crippen molar-refractivity contribution >= 4 is 53.1 Å². The molecule has 8 fully saturated rings. The van der Waals surface area contributed by atoms with Crippen molar-refractivity contribution in [3.63, 3.8) is 0 Å². The van der Waals surface area contributed by atoms with Gasteiger partial charge in [0, 0.05) is 69.5 Å². The standard InChI is InChI=1S/C76H115N7O39S/c1-32(90)80-51-57(99)65(119-74-63(105)67(55(97)43(25-86)115-74)121-72-61(103)59(101)53(95)41(23-84)113-72)45(27-88)117-70(51)109-17-6-5-10-37(92)29-111-39-21-35(19-36(22-39)69(107)79-16-15-78-48(93)13-4-3-12-47-50-40(31-123-47)82-76(108)83-50)34-9-7-11-38(20-34)112-30-49(94)77-14-8-18-110-71-52(81-33(2)91)58(100)66(46(28-89)118-71)120-75-64(106)68(56(98)44(26-87)116-75)122-73-62(104)60(102)54(96)42(24-85)114-73/h7,9,11,19-22,40-47,50-68,70-75,84-89,95-106H,3-6,8,10,12-18,23-31H2,1-2H3,(H,77,94)(H,78,93)(H,79,107)(H,80,90)(H,81,91)(H2,82,83,108)/t40-,41?,42?,43?,44?,45?,46?,47-,50-,51?,52?,53-,54-,55-,56-,57+,58+,59?,60?,61-,62-,63?,64?,65+,66+,67-,68-,70+,71+,72+,73+,74-,75-/m0/s1. The molecule has 46 nitrogen and oxygen atoms in total. The van der Waals surface area contributed by atoms with Gasteiger partial charge in [-0.05, 0) is 73.6 Å². The van der Waals surface area contributed by atoms with Crippen molar-refractivity contribution in [3.8, 4) is 22.6 Å². The fourth-order valence-electron chi connectivity index (χ4n) is 15.3. The van der Waals surface area contributed by atoms with E-state index in [9.17, 15) is 125 Å². The number of benzene rings is 2. The van der Waals surface area contributed by atoms with Gasteiger partial charge in [-0.2, -0.15) is 11.8 Å². The first-order valence-corrected chi connectivity index (χ1v) is 41.6. The van der Waals surface area contributed by atoms with Crippen LogP contribution in [0, 0.1) is 0 Å². The minimum absolute atomic E-state index is 0.0176. The van der Waals surface area contributed by atoms with Crippen molar-refractivity contribution in [3.05, 3.63) is 48.0 Å². The van der Waals surface area contributed by atoms with Crippen LogP contribution in [0.2, 0.25) is 0 Å².